The Labute approximate surface area is 112 Å². The van der Waals surface area contributed by atoms with Crippen molar-refractivity contribution in [2.45, 2.75) is 44.6 Å². The van der Waals surface area contributed by atoms with Gasteiger partial charge in [-0.2, -0.15) is 0 Å². The zero-order chi connectivity index (χ0) is 13.9. The van der Waals surface area contributed by atoms with Crippen LogP contribution < -0.4 is 5.32 Å². The molecule has 0 aliphatic heterocycles. The van der Waals surface area contributed by atoms with Crippen molar-refractivity contribution in [3.63, 3.8) is 0 Å². The van der Waals surface area contributed by atoms with E-state index in [0.29, 0.717) is 12.2 Å². The molecule has 1 aliphatic rings. The van der Waals surface area contributed by atoms with Crippen molar-refractivity contribution in [1.29, 1.82) is 0 Å². The van der Waals surface area contributed by atoms with Gasteiger partial charge in [0.25, 0.3) is 5.69 Å². The zero-order valence-electron chi connectivity index (χ0n) is 11.2. The molecule has 1 aromatic carbocycles. The highest BCUT2D eigenvalue weighted by molar-refractivity contribution is 5.62. The van der Waals surface area contributed by atoms with Crippen LogP contribution in [0.3, 0.4) is 0 Å². The highest BCUT2D eigenvalue weighted by Gasteiger charge is 2.29. The van der Waals surface area contributed by atoms with Crippen molar-refractivity contribution >= 4 is 11.4 Å². The molecule has 1 fully saturated rings. The molecule has 1 saturated carbocycles. The average Bonchev–Trinajstić information content (AvgIpc) is 2.37. The minimum atomic E-state index is -0.726. The number of aliphatic hydroxyl groups is 1. The van der Waals surface area contributed by atoms with Crippen LogP contribution in [0.25, 0.3) is 0 Å². The second-order valence-electron chi connectivity index (χ2n) is 5.42. The van der Waals surface area contributed by atoms with Crippen LogP contribution in [0.15, 0.2) is 18.2 Å². The zero-order valence-corrected chi connectivity index (χ0v) is 11.2. The number of anilines is 1. The van der Waals surface area contributed by atoms with E-state index in [1.165, 1.54) is 6.07 Å². The maximum Gasteiger partial charge on any atom is 0.292 e. The van der Waals surface area contributed by atoms with Crippen molar-refractivity contribution in [2.24, 2.45) is 0 Å². The van der Waals surface area contributed by atoms with Gasteiger partial charge in [0.2, 0.25) is 0 Å². The van der Waals surface area contributed by atoms with Gasteiger partial charge >= 0.3 is 0 Å². The minimum Gasteiger partial charge on any atom is -0.388 e. The quantitative estimate of drug-likeness (QED) is 0.647. The van der Waals surface area contributed by atoms with Gasteiger partial charge in [-0.15, -0.1) is 0 Å². The fourth-order valence-corrected chi connectivity index (χ4v) is 2.60. The Morgan fingerprint density at radius 1 is 1.37 bits per heavy atom. The number of aryl methyl sites for hydroxylation is 1. The number of nitrogens with zero attached hydrogens (tertiary/aromatic N) is 1. The third-order valence-corrected chi connectivity index (χ3v) is 3.74. The molecule has 0 unspecified atom stereocenters. The fraction of sp³-hybridized carbons (Fsp3) is 0.571. The van der Waals surface area contributed by atoms with E-state index < -0.39 is 10.5 Å². The molecule has 0 aromatic heterocycles. The number of hydrogen-bond donors (Lipinski definition) is 2. The number of benzene rings is 1. The van der Waals surface area contributed by atoms with Crippen LogP contribution in [-0.2, 0) is 0 Å². The van der Waals surface area contributed by atoms with Gasteiger partial charge in [0, 0.05) is 12.6 Å². The van der Waals surface area contributed by atoms with Crippen LogP contribution in [0.2, 0.25) is 0 Å². The summed E-state index contributed by atoms with van der Waals surface area (Å²) in [7, 11) is 0. The number of rotatable bonds is 4. The molecule has 5 nitrogen and oxygen atoms in total. The molecular weight excluding hydrogens is 244 g/mol. The summed E-state index contributed by atoms with van der Waals surface area (Å²) >= 11 is 0. The first-order valence-electron chi connectivity index (χ1n) is 6.71. The summed E-state index contributed by atoms with van der Waals surface area (Å²) in [6.45, 7) is 2.27. The lowest BCUT2D eigenvalue weighted by molar-refractivity contribution is -0.384. The first-order valence-corrected chi connectivity index (χ1v) is 6.71. The Morgan fingerprint density at radius 3 is 2.68 bits per heavy atom. The summed E-state index contributed by atoms with van der Waals surface area (Å²) in [5.74, 6) is 0. The summed E-state index contributed by atoms with van der Waals surface area (Å²) in [4.78, 5) is 10.6. The lowest BCUT2D eigenvalue weighted by atomic mass is 9.85. The van der Waals surface area contributed by atoms with E-state index >= 15 is 0 Å². The lowest BCUT2D eigenvalue weighted by Gasteiger charge is -2.32. The Morgan fingerprint density at radius 2 is 2.05 bits per heavy atom. The predicted molar refractivity (Wildman–Crippen MR) is 74.4 cm³/mol. The molecule has 0 atom stereocenters. The van der Waals surface area contributed by atoms with Crippen LogP contribution in [-0.4, -0.2) is 22.2 Å². The normalized spacial score (nSPS) is 18.0. The SMILES string of the molecule is Cc1ccc([N+](=O)[O-])c(NCC2(O)CCCCC2)c1. The number of nitro benzene ring substituents is 1. The topological polar surface area (TPSA) is 75.4 Å². The standard InChI is InChI=1S/C14H20N2O3/c1-11-5-6-13(16(18)19)12(9-11)15-10-14(17)7-3-2-4-8-14/h5-6,9,15,17H,2-4,7-8,10H2,1H3. The molecule has 0 bridgehead atoms. The predicted octanol–water partition coefficient (Wildman–Crippen LogP) is 3.01. The molecular formula is C14H20N2O3. The van der Waals surface area contributed by atoms with Gasteiger partial charge in [-0.3, -0.25) is 10.1 Å². The van der Waals surface area contributed by atoms with E-state index in [1.54, 1.807) is 12.1 Å². The second kappa shape index (κ2) is 5.57. The summed E-state index contributed by atoms with van der Waals surface area (Å²) in [6, 6.07) is 4.98. The van der Waals surface area contributed by atoms with E-state index in [1.807, 2.05) is 6.92 Å². The molecule has 0 saturated heterocycles. The van der Waals surface area contributed by atoms with Gasteiger partial charge in [0.1, 0.15) is 5.69 Å². The van der Waals surface area contributed by atoms with E-state index in [2.05, 4.69) is 5.32 Å². The molecule has 0 spiro atoms. The van der Waals surface area contributed by atoms with Gasteiger partial charge < -0.3 is 10.4 Å². The number of nitrogens with one attached hydrogen (secondary N) is 1. The van der Waals surface area contributed by atoms with Crippen molar-refractivity contribution in [3.05, 3.63) is 33.9 Å². The third kappa shape index (κ3) is 3.44. The van der Waals surface area contributed by atoms with Crippen molar-refractivity contribution in [2.75, 3.05) is 11.9 Å². The van der Waals surface area contributed by atoms with Crippen LogP contribution in [0.4, 0.5) is 11.4 Å². The molecule has 19 heavy (non-hydrogen) atoms. The molecule has 2 N–H and O–H groups in total. The van der Waals surface area contributed by atoms with Gasteiger partial charge in [-0.1, -0.05) is 25.3 Å². The highest BCUT2D eigenvalue weighted by Crippen LogP contribution is 2.30. The number of nitro groups is 1. The van der Waals surface area contributed by atoms with Gasteiger partial charge in [0.15, 0.2) is 0 Å². The van der Waals surface area contributed by atoms with E-state index in [0.717, 1.165) is 37.7 Å². The van der Waals surface area contributed by atoms with Crippen LogP contribution >= 0.6 is 0 Å². The molecule has 5 heteroatoms. The molecule has 1 aliphatic carbocycles. The van der Waals surface area contributed by atoms with Gasteiger partial charge in [0.05, 0.1) is 10.5 Å². The monoisotopic (exact) mass is 264 g/mol. The van der Waals surface area contributed by atoms with Crippen LogP contribution in [0.5, 0.6) is 0 Å². The largest absolute Gasteiger partial charge is 0.388 e. The van der Waals surface area contributed by atoms with Crippen LogP contribution in [0, 0.1) is 17.0 Å². The van der Waals surface area contributed by atoms with E-state index in [-0.39, 0.29) is 5.69 Å². The Hall–Kier alpha value is -1.62. The average molecular weight is 264 g/mol. The first kappa shape index (κ1) is 13.8. The van der Waals surface area contributed by atoms with Gasteiger partial charge in [-0.25, -0.2) is 0 Å². The molecule has 0 amide bonds. The fourth-order valence-electron chi connectivity index (χ4n) is 2.60. The lowest BCUT2D eigenvalue weighted by Crippen LogP contribution is -2.38. The van der Waals surface area contributed by atoms with E-state index in [9.17, 15) is 15.2 Å². The second-order valence-corrected chi connectivity index (χ2v) is 5.42. The first-order chi connectivity index (χ1) is 9.00. The summed E-state index contributed by atoms with van der Waals surface area (Å²) in [5.41, 5.74) is 0.785. The molecule has 2 rings (SSSR count). The molecule has 1 aromatic rings. The minimum absolute atomic E-state index is 0.0602. The Bertz CT molecular complexity index is 468. The molecule has 0 radical (unpaired) electrons. The summed E-state index contributed by atoms with van der Waals surface area (Å²) in [6.07, 6.45) is 4.73. The summed E-state index contributed by atoms with van der Waals surface area (Å²) < 4.78 is 0. The van der Waals surface area contributed by atoms with Crippen molar-refractivity contribution in [3.8, 4) is 0 Å². The van der Waals surface area contributed by atoms with Crippen molar-refractivity contribution in [1.82, 2.24) is 0 Å². The number of hydrogen-bond acceptors (Lipinski definition) is 4. The molecule has 0 heterocycles. The third-order valence-electron chi connectivity index (χ3n) is 3.74. The maximum atomic E-state index is 11.0. The van der Waals surface area contributed by atoms with E-state index in [4.69, 9.17) is 0 Å². The highest BCUT2D eigenvalue weighted by atomic mass is 16.6. The smallest absolute Gasteiger partial charge is 0.292 e. The molecule has 104 valence electrons. The Kier molecular flexibility index (Phi) is 4.04. The van der Waals surface area contributed by atoms with Gasteiger partial charge in [-0.05, 0) is 31.4 Å². The summed E-state index contributed by atoms with van der Waals surface area (Å²) in [5, 5.41) is 24.4. The maximum absolute atomic E-state index is 11.0. The Balaban J connectivity index is 2.10. The van der Waals surface area contributed by atoms with Crippen molar-refractivity contribution < 1.29 is 10.0 Å². The van der Waals surface area contributed by atoms with Crippen LogP contribution in [0.1, 0.15) is 37.7 Å².